The van der Waals surface area contributed by atoms with Gasteiger partial charge in [0.05, 0.1) is 0 Å². The summed E-state index contributed by atoms with van der Waals surface area (Å²) in [5.41, 5.74) is 6.78. The molecule has 0 unspecified atom stereocenters. The highest BCUT2D eigenvalue weighted by Crippen LogP contribution is 2.46. The van der Waals surface area contributed by atoms with Crippen molar-refractivity contribution >= 4 is 0 Å². The lowest BCUT2D eigenvalue weighted by Gasteiger charge is -2.30. The summed E-state index contributed by atoms with van der Waals surface area (Å²) in [6, 6.07) is 0. The van der Waals surface area contributed by atoms with Crippen molar-refractivity contribution in [1.82, 2.24) is 4.90 Å². The lowest BCUT2D eigenvalue weighted by atomic mass is 9.82. The minimum Gasteiger partial charge on any atom is -0.329 e. The summed E-state index contributed by atoms with van der Waals surface area (Å²) in [5.74, 6) is 0. The second-order valence-electron chi connectivity index (χ2n) is 5.29. The summed E-state index contributed by atoms with van der Waals surface area (Å²) in [6.45, 7) is 8.12. The number of hydrogen-bond acceptors (Lipinski definition) is 2. The van der Waals surface area contributed by atoms with E-state index in [1.807, 2.05) is 0 Å². The zero-order chi connectivity index (χ0) is 8.82. The summed E-state index contributed by atoms with van der Waals surface area (Å²) >= 11 is 0. The van der Waals surface area contributed by atoms with Gasteiger partial charge >= 0.3 is 0 Å². The van der Waals surface area contributed by atoms with Gasteiger partial charge in [0, 0.05) is 18.6 Å². The van der Waals surface area contributed by atoms with Crippen molar-refractivity contribution in [2.45, 2.75) is 38.6 Å². The Hall–Kier alpha value is -0.0800. The topological polar surface area (TPSA) is 29.3 Å². The highest BCUT2D eigenvalue weighted by atomic mass is 15.3. The molecule has 2 nitrogen and oxygen atoms in total. The van der Waals surface area contributed by atoms with Gasteiger partial charge in [-0.1, -0.05) is 13.8 Å². The van der Waals surface area contributed by atoms with Crippen LogP contribution in [-0.4, -0.2) is 30.1 Å². The van der Waals surface area contributed by atoms with Crippen LogP contribution in [0.5, 0.6) is 0 Å². The Labute approximate surface area is 75.1 Å². The van der Waals surface area contributed by atoms with Crippen molar-refractivity contribution in [1.29, 1.82) is 0 Å². The number of fused-ring (bicyclic) bond motifs is 1. The quantitative estimate of drug-likeness (QED) is 0.637. The van der Waals surface area contributed by atoms with Gasteiger partial charge in [-0.3, -0.25) is 4.90 Å². The molecule has 2 heterocycles. The van der Waals surface area contributed by atoms with Crippen LogP contribution in [0.1, 0.15) is 33.1 Å². The number of nitrogens with zero attached hydrogens (tertiary/aromatic N) is 1. The Bertz CT molecular complexity index is 188. The second-order valence-corrected chi connectivity index (χ2v) is 5.29. The van der Waals surface area contributed by atoms with Crippen LogP contribution in [0.25, 0.3) is 0 Å². The number of rotatable bonds is 1. The van der Waals surface area contributed by atoms with Gasteiger partial charge in [-0.05, 0) is 31.2 Å². The fraction of sp³-hybridized carbons (Fsp3) is 1.00. The van der Waals surface area contributed by atoms with Crippen molar-refractivity contribution < 1.29 is 0 Å². The Balaban J connectivity index is 2.20. The average Bonchev–Trinajstić information content (AvgIpc) is 2.40. The van der Waals surface area contributed by atoms with Crippen LogP contribution < -0.4 is 5.73 Å². The van der Waals surface area contributed by atoms with Gasteiger partial charge in [0.2, 0.25) is 0 Å². The smallest absolute Gasteiger partial charge is 0.0338 e. The Morgan fingerprint density at radius 1 is 1.42 bits per heavy atom. The fourth-order valence-corrected chi connectivity index (χ4v) is 3.21. The molecule has 0 spiro atoms. The van der Waals surface area contributed by atoms with Gasteiger partial charge in [0.25, 0.3) is 0 Å². The Kier molecular flexibility index (Phi) is 1.74. The first kappa shape index (κ1) is 8.52. The van der Waals surface area contributed by atoms with Crippen molar-refractivity contribution in [3.63, 3.8) is 0 Å². The molecule has 0 saturated carbocycles. The summed E-state index contributed by atoms with van der Waals surface area (Å²) in [5, 5.41) is 0. The third-order valence-corrected chi connectivity index (χ3v) is 3.55. The zero-order valence-electron chi connectivity index (χ0n) is 8.27. The fourth-order valence-electron chi connectivity index (χ4n) is 3.21. The molecule has 0 aromatic carbocycles. The highest BCUT2D eigenvalue weighted by molar-refractivity contribution is 5.06. The SMILES string of the molecule is CC1(C)CN2CCC[C@@]2(CN)C1. The lowest BCUT2D eigenvalue weighted by molar-refractivity contribution is 0.203. The molecule has 0 aromatic heterocycles. The van der Waals surface area contributed by atoms with Gasteiger partial charge in [-0.2, -0.15) is 0 Å². The van der Waals surface area contributed by atoms with Crippen LogP contribution in [0.3, 0.4) is 0 Å². The van der Waals surface area contributed by atoms with E-state index >= 15 is 0 Å². The summed E-state index contributed by atoms with van der Waals surface area (Å²) in [4.78, 5) is 2.62. The second kappa shape index (κ2) is 2.46. The molecule has 2 fully saturated rings. The largest absolute Gasteiger partial charge is 0.329 e. The van der Waals surface area contributed by atoms with Gasteiger partial charge in [0.15, 0.2) is 0 Å². The van der Waals surface area contributed by atoms with Crippen LogP contribution >= 0.6 is 0 Å². The third-order valence-electron chi connectivity index (χ3n) is 3.55. The van der Waals surface area contributed by atoms with Crippen molar-refractivity contribution in [3.05, 3.63) is 0 Å². The predicted molar refractivity (Wildman–Crippen MR) is 51.0 cm³/mol. The molecule has 2 heteroatoms. The molecule has 2 aliphatic heterocycles. The van der Waals surface area contributed by atoms with Gasteiger partial charge in [-0.15, -0.1) is 0 Å². The van der Waals surface area contributed by atoms with Crippen LogP contribution in [-0.2, 0) is 0 Å². The molecule has 0 bridgehead atoms. The lowest BCUT2D eigenvalue weighted by Crippen LogP contribution is -2.44. The Morgan fingerprint density at radius 2 is 2.17 bits per heavy atom. The van der Waals surface area contributed by atoms with E-state index in [1.54, 1.807) is 0 Å². The van der Waals surface area contributed by atoms with E-state index in [4.69, 9.17) is 5.73 Å². The average molecular weight is 168 g/mol. The molecule has 1 atom stereocenters. The van der Waals surface area contributed by atoms with E-state index in [9.17, 15) is 0 Å². The first-order valence-electron chi connectivity index (χ1n) is 5.03. The maximum atomic E-state index is 5.89. The van der Waals surface area contributed by atoms with E-state index in [1.165, 1.54) is 32.4 Å². The van der Waals surface area contributed by atoms with Gasteiger partial charge < -0.3 is 5.73 Å². The van der Waals surface area contributed by atoms with E-state index in [-0.39, 0.29) is 0 Å². The molecule has 12 heavy (non-hydrogen) atoms. The zero-order valence-corrected chi connectivity index (χ0v) is 8.27. The van der Waals surface area contributed by atoms with Crippen LogP contribution in [0.4, 0.5) is 0 Å². The molecule has 2 aliphatic rings. The van der Waals surface area contributed by atoms with E-state index in [0.29, 0.717) is 11.0 Å². The molecule has 0 aromatic rings. The number of nitrogens with two attached hydrogens (primary N) is 1. The molecule has 0 amide bonds. The van der Waals surface area contributed by atoms with Crippen molar-refractivity contribution in [3.8, 4) is 0 Å². The van der Waals surface area contributed by atoms with Crippen LogP contribution in [0, 0.1) is 5.41 Å². The molecular formula is C10H20N2. The van der Waals surface area contributed by atoms with Crippen molar-refractivity contribution in [2.75, 3.05) is 19.6 Å². The van der Waals surface area contributed by atoms with Gasteiger partial charge in [-0.25, -0.2) is 0 Å². The molecule has 70 valence electrons. The Morgan fingerprint density at radius 3 is 2.75 bits per heavy atom. The maximum absolute atomic E-state index is 5.89. The van der Waals surface area contributed by atoms with Crippen LogP contribution in [0.15, 0.2) is 0 Å². The predicted octanol–water partition coefficient (Wildman–Crippen LogP) is 1.21. The monoisotopic (exact) mass is 168 g/mol. The normalized spacial score (nSPS) is 40.2. The minimum absolute atomic E-state index is 0.392. The van der Waals surface area contributed by atoms with Crippen molar-refractivity contribution in [2.24, 2.45) is 11.1 Å². The first-order chi connectivity index (χ1) is 5.58. The number of hydrogen-bond donors (Lipinski definition) is 1. The van der Waals surface area contributed by atoms with E-state index in [2.05, 4.69) is 18.7 Å². The summed E-state index contributed by atoms with van der Waals surface area (Å²) in [6.07, 6.45) is 3.98. The maximum Gasteiger partial charge on any atom is 0.0338 e. The third kappa shape index (κ3) is 1.09. The molecule has 0 aliphatic carbocycles. The summed E-state index contributed by atoms with van der Waals surface area (Å²) in [7, 11) is 0. The highest BCUT2D eigenvalue weighted by Gasteiger charge is 2.50. The van der Waals surface area contributed by atoms with E-state index in [0.717, 1.165) is 6.54 Å². The molecule has 2 saturated heterocycles. The standard InChI is InChI=1S/C10H20N2/c1-9(2)6-10(7-11)4-3-5-12(10)8-9/h3-8,11H2,1-2H3/t10-/m0/s1. The first-order valence-corrected chi connectivity index (χ1v) is 5.03. The van der Waals surface area contributed by atoms with Gasteiger partial charge in [0.1, 0.15) is 0 Å². The van der Waals surface area contributed by atoms with Crippen LogP contribution in [0.2, 0.25) is 0 Å². The molecule has 2 N–H and O–H groups in total. The molecule has 0 radical (unpaired) electrons. The summed E-state index contributed by atoms with van der Waals surface area (Å²) < 4.78 is 0. The molecular weight excluding hydrogens is 148 g/mol. The van der Waals surface area contributed by atoms with E-state index < -0.39 is 0 Å². The molecule has 2 rings (SSSR count). The minimum atomic E-state index is 0.392.